The van der Waals surface area contributed by atoms with Crippen molar-refractivity contribution >= 4 is 27.4 Å². The molecule has 0 unspecified atom stereocenters. The van der Waals surface area contributed by atoms with Crippen molar-refractivity contribution in [2.75, 3.05) is 5.43 Å². The van der Waals surface area contributed by atoms with E-state index in [1.54, 1.807) is 29.8 Å². The molecule has 0 radical (unpaired) electrons. The molecule has 3 N–H and O–H groups in total. The van der Waals surface area contributed by atoms with Crippen molar-refractivity contribution in [2.24, 2.45) is 5.84 Å². The maximum Gasteiger partial charge on any atom is 0.201 e. The summed E-state index contributed by atoms with van der Waals surface area (Å²) in [4.78, 5) is 20.0. The van der Waals surface area contributed by atoms with E-state index in [1.807, 2.05) is 0 Å². The van der Waals surface area contributed by atoms with E-state index < -0.39 is 0 Å². The third-order valence-corrected chi connectivity index (χ3v) is 4.90. The van der Waals surface area contributed by atoms with Crippen LogP contribution in [-0.2, 0) is 12.8 Å². The summed E-state index contributed by atoms with van der Waals surface area (Å²) in [6.07, 6.45) is 8.03. The standard InChI is InChI=1S/C14H14N6S/c15-20-11-10-8-4-1-2-5-9(8)21-14(10)19-13(18-11)12-16-6-3-7-17-12/h3,6-7H,1-2,4-5,15H2,(H,18,19,20). The van der Waals surface area contributed by atoms with Crippen molar-refractivity contribution < 1.29 is 0 Å². The average Bonchev–Trinajstić information content (AvgIpc) is 2.93. The highest BCUT2D eigenvalue weighted by Crippen LogP contribution is 2.38. The Morgan fingerprint density at radius 2 is 1.86 bits per heavy atom. The molecule has 0 amide bonds. The summed E-state index contributed by atoms with van der Waals surface area (Å²) in [5.74, 6) is 7.37. The predicted molar refractivity (Wildman–Crippen MR) is 82.9 cm³/mol. The van der Waals surface area contributed by atoms with Crippen molar-refractivity contribution in [2.45, 2.75) is 25.7 Å². The van der Waals surface area contributed by atoms with Crippen molar-refractivity contribution in [3.63, 3.8) is 0 Å². The fourth-order valence-electron chi connectivity index (χ4n) is 2.78. The number of aromatic nitrogens is 4. The molecule has 3 aromatic rings. The molecule has 21 heavy (non-hydrogen) atoms. The normalized spacial score (nSPS) is 14.1. The van der Waals surface area contributed by atoms with Crippen molar-refractivity contribution in [3.8, 4) is 11.6 Å². The molecule has 106 valence electrons. The van der Waals surface area contributed by atoms with E-state index in [0.29, 0.717) is 17.5 Å². The Kier molecular flexibility index (Phi) is 3.01. The number of hydrazine groups is 1. The van der Waals surface area contributed by atoms with E-state index in [2.05, 4.69) is 25.4 Å². The minimum Gasteiger partial charge on any atom is -0.308 e. The van der Waals surface area contributed by atoms with Gasteiger partial charge < -0.3 is 5.43 Å². The first-order valence-corrected chi connectivity index (χ1v) is 7.75. The van der Waals surface area contributed by atoms with Crippen molar-refractivity contribution in [1.29, 1.82) is 0 Å². The van der Waals surface area contributed by atoms with Gasteiger partial charge in [0.15, 0.2) is 11.6 Å². The van der Waals surface area contributed by atoms with Gasteiger partial charge in [0.1, 0.15) is 4.83 Å². The number of hydrogen-bond donors (Lipinski definition) is 2. The minimum absolute atomic E-state index is 0.509. The molecule has 0 aliphatic heterocycles. The molecular weight excluding hydrogens is 284 g/mol. The van der Waals surface area contributed by atoms with Crippen LogP contribution in [0.1, 0.15) is 23.3 Å². The smallest absolute Gasteiger partial charge is 0.201 e. The van der Waals surface area contributed by atoms with Crippen LogP contribution in [0.4, 0.5) is 5.82 Å². The van der Waals surface area contributed by atoms with Gasteiger partial charge in [-0.2, -0.15) is 0 Å². The Morgan fingerprint density at radius 3 is 2.67 bits per heavy atom. The minimum atomic E-state index is 0.509. The first-order chi connectivity index (χ1) is 10.4. The number of nitrogens with zero attached hydrogens (tertiary/aromatic N) is 4. The number of hydrogen-bond acceptors (Lipinski definition) is 7. The zero-order valence-corrected chi connectivity index (χ0v) is 12.2. The fourth-order valence-corrected chi connectivity index (χ4v) is 4.04. The van der Waals surface area contributed by atoms with Crippen LogP contribution in [0, 0.1) is 0 Å². The Balaban J connectivity index is 1.96. The van der Waals surface area contributed by atoms with E-state index in [-0.39, 0.29) is 0 Å². The van der Waals surface area contributed by atoms with Crippen molar-refractivity contribution in [3.05, 3.63) is 28.9 Å². The highest BCUT2D eigenvalue weighted by Gasteiger charge is 2.21. The van der Waals surface area contributed by atoms with Gasteiger partial charge in [0, 0.05) is 17.3 Å². The van der Waals surface area contributed by atoms with Gasteiger partial charge in [0.05, 0.1) is 5.39 Å². The molecule has 0 fully saturated rings. The number of nitrogens with two attached hydrogens (primary N) is 1. The Hall–Kier alpha value is -2.12. The second kappa shape index (κ2) is 5.01. The summed E-state index contributed by atoms with van der Waals surface area (Å²) >= 11 is 1.74. The molecular formula is C14H14N6S. The Morgan fingerprint density at radius 1 is 1.05 bits per heavy atom. The van der Waals surface area contributed by atoms with E-state index in [0.717, 1.165) is 23.1 Å². The van der Waals surface area contributed by atoms with Crippen LogP contribution >= 0.6 is 11.3 Å². The number of anilines is 1. The summed E-state index contributed by atoms with van der Waals surface area (Å²) in [6, 6.07) is 1.77. The molecule has 3 aromatic heterocycles. The molecule has 0 atom stereocenters. The zero-order valence-electron chi connectivity index (χ0n) is 11.3. The maximum absolute atomic E-state index is 5.68. The number of nitrogens with one attached hydrogen (secondary N) is 1. The molecule has 6 nitrogen and oxygen atoms in total. The summed E-state index contributed by atoms with van der Waals surface area (Å²) in [5, 5.41) is 1.07. The molecule has 3 heterocycles. The lowest BCUT2D eigenvalue weighted by Gasteiger charge is -2.11. The molecule has 0 spiro atoms. The lowest BCUT2D eigenvalue weighted by atomic mass is 9.97. The SMILES string of the molecule is NNc1nc(-c2ncccn2)nc2sc3c(c12)CCCC3. The third-order valence-electron chi connectivity index (χ3n) is 3.72. The van der Waals surface area contributed by atoms with Crippen LogP contribution in [0.25, 0.3) is 21.9 Å². The van der Waals surface area contributed by atoms with Crippen LogP contribution in [0.15, 0.2) is 18.5 Å². The number of rotatable bonds is 2. The maximum atomic E-state index is 5.68. The highest BCUT2D eigenvalue weighted by atomic mass is 32.1. The van der Waals surface area contributed by atoms with Gasteiger partial charge in [-0.15, -0.1) is 11.3 Å². The van der Waals surface area contributed by atoms with Gasteiger partial charge in [-0.25, -0.2) is 25.8 Å². The average molecular weight is 298 g/mol. The van der Waals surface area contributed by atoms with Crippen LogP contribution < -0.4 is 11.3 Å². The monoisotopic (exact) mass is 298 g/mol. The fraction of sp³-hybridized carbons (Fsp3) is 0.286. The van der Waals surface area contributed by atoms with E-state index in [1.165, 1.54) is 23.3 Å². The van der Waals surface area contributed by atoms with Gasteiger partial charge in [-0.05, 0) is 37.3 Å². The van der Waals surface area contributed by atoms with Crippen LogP contribution in [-0.4, -0.2) is 19.9 Å². The summed E-state index contributed by atoms with van der Waals surface area (Å²) in [7, 11) is 0. The molecule has 0 aromatic carbocycles. The van der Waals surface area contributed by atoms with Crippen LogP contribution in [0.5, 0.6) is 0 Å². The van der Waals surface area contributed by atoms with Crippen molar-refractivity contribution in [1.82, 2.24) is 19.9 Å². The summed E-state index contributed by atoms with van der Waals surface area (Å²) in [5.41, 5.74) is 4.07. The summed E-state index contributed by atoms with van der Waals surface area (Å²) < 4.78 is 0. The van der Waals surface area contributed by atoms with Gasteiger partial charge in [0.25, 0.3) is 0 Å². The van der Waals surface area contributed by atoms with Gasteiger partial charge in [0.2, 0.25) is 5.82 Å². The van der Waals surface area contributed by atoms with Gasteiger partial charge in [-0.1, -0.05) is 0 Å². The van der Waals surface area contributed by atoms with E-state index >= 15 is 0 Å². The number of thiophene rings is 1. The second-order valence-electron chi connectivity index (χ2n) is 5.00. The zero-order chi connectivity index (χ0) is 14.2. The third kappa shape index (κ3) is 2.05. The number of aryl methyl sites for hydroxylation is 2. The number of nitrogen functional groups attached to an aromatic ring is 1. The highest BCUT2D eigenvalue weighted by molar-refractivity contribution is 7.19. The quantitative estimate of drug-likeness (QED) is 0.557. The lowest BCUT2D eigenvalue weighted by molar-refractivity contribution is 0.700. The number of fused-ring (bicyclic) bond motifs is 3. The molecule has 1 aliphatic carbocycles. The summed E-state index contributed by atoms with van der Waals surface area (Å²) in [6.45, 7) is 0. The predicted octanol–water partition coefficient (Wildman–Crippen LogP) is 2.31. The molecule has 1 aliphatic rings. The Bertz CT molecular complexity index is 798. The lowest BCUT2D eigenvalue weighted by Crippen LogP contribution is -2.11. The Labute approximate surface area is 125 Å². The first kappa shape index (κ1) is 12.6. The van der Waals surface area contributed by atoms with E-state index in [9.17, 15) is 0 Å². The largest absolute Gasteiger partial charge is 0.308 e. The second-order valence-corrected chi connectivity index (χ2v) is 6.09. The van der Waals surface area contributed by atoms with E-state index in [4.69, 9.17) is 5.84 Å². The van der Waals surface area contributed by atoms with Gasteiger partial charge >= 0.3 is 0 Å². The topological polar surface area (TPSA) is 89.6 Å². The molecule has 0 bridgehead atoms. The van der Waals surface area contributed by atoms with Crippen LogP contribution in [0.3, 0.4) is 0 Å². The molecule has 0 saturated carbocycles. The molecule has 0 saturated heterocycles. The van der Waals surface area contributed by atoms with Gasteiger partial charge in [-0.3, -0.25) is 0 Å². The first-order valence-electron chi connectivity index (χ1n) is 6.93. The van der Waals surface area contributed by atoms with Crippen LogP contribution in [0.2, 0.25) is 0 Å². The molecule has 4 rings (SSSR count). The molecule has 7 heteroatoms.